The largest absolute Gasteiger partial charge is 0.484 e. The van der Waals surface area contributed by atoms with Crippen LogP contribution in [0, 0.1) is 0 Å². The number of carbonyl (C=O) groups excluding carboxylic acids is 1. The van der Waals surface area contributed by atoms with Crippen molar-refractivity contribution < 1.29 is 40.6 Å². The van der Waals surface area contributed by atoms with Crippen molar-refractivity contribution in [1.82, 2.24) is 10.2 Å². The van der Waals surface area contributed by atoms with E-state index >= 15 is 0 Å². The Bertz CT molecular complexity index is 693. The molecule has 1 aromatic carbocycles. The van der Waals surface area contributed by atoms with Crippen LogP contribution < -0.4 is 14.8 Å². The van der Waals surface area contributed by atoms with Gasteiger partial charge >= 0.3 is 12.4 Å². The van der Waals surface area contributed by atoms with Gasteiger partial charge in [0.25, 0.3) is 5.91 Å². The molecule has 0 bridgehead atoms. The van der Waals surface area contributed by atoms with E-state index in [0.29, 0.717) is 0 Å². The Morgan fingerprint density at radius 3 is 2.38 bits per heavy atom. The number of hydrogen-bond acceptors (Lipinski definition) is 4. The Balaban J connectivity index is 2.13. The minimum atomic E-state index is -4.63. The van der Waals surface area contributed by atoms with Gasteiger partial charge in [0.05, 0.1) is 5.56 Å². The molecule has 1 heterocycles. The Hall–Kier alpha value is -2.17. The van der Waals surface area contributed by atoms with E-state index in [2.05, 4.69) is 19.7 Å². The van der Waals surface area contributed by atoms with Crippen LogP contribution in [0.1, 0.15) is 29.6 Å². The lowest BCUT2D eigenvalue weighted by molar-refractivity contribution is -0.154. The highest BCUT2D eigenvalue weighted by Crippen LogP contribution is 2.28. The molecule has 5 nitrogen and oxygen atoms in total. The van der Waals surface area contributed by atoms with E-state index in [4.69, 9.17) is 0 Å². The molecule has 11 heteroatoms. The molecule has 1 fully saturated rings. The Morgan fingerprint density at radius 2 is 1.76 bits per heavy atom. The number of nitrogens with zero attached hydrogens (tertiary/aromatic N) is 1. The number of piperidine rings is 1. The van der Waals surface area contributed by atoms with Crippen LogP contribution in [-0.2, 0) is 0 Å². The second-order valence-corrected chi connectivity index (χ2v) is 6.81. The third kappa shape index (κ3) is 8.00. The van der Waals surface area contributed by atoms with Gasteiger partial charge < -0.3 is 19.7 Å². The van der Waals surface area contributed by atoms with Gasteiger partial charge in [-0.25, -0.2) is 0 Å². The standard InChI is InChI=1S/C18H22F6N2O3/c1-26-7-3-2-4-12(26)9-25-16(27)14-8-13(28-10-17(19,20)21)5-6-15(14)29-11-18(22,23)24/h5-6,8,12H,2-4,7,9-11H2,1H3,(H,25,27). The highest BCUT2D eigenvalue weighted by molar-refractivity contribution is 5.97. The van der Waals surface area contributed by atoms with Gasteiger partial charge in [0.2, 0.25) is 0 Å². The highest BCUT2D eigenvalue weighted by Gasteiger charge is 2.31. The molecule has 1 amide bonds. The van der Waals surface area contributed by atoms with E-state index in [1.807, 2.05) is 7.05 Å². The molecule has 0 spiro atoms. The minimum Gasteiger partial charge on any atom is -0.484 e. The molecule has 1 aliphatic rings. The van der Waals surface area contributed by atoms with E-state index in [1.54, 1.807) is 0 Å². The minimum absolute atomic E-state index is 0.0666. The summed E-state index contributed by atoms with van der Waals surface area (Å²) in [4.78, 5) is 14.6. The number of halogens is 6. The molecular weight excluding hydrogens is 406 g/mol. The van der Waals surface area contributed by atoms with Gasteiger partial charge in [0, 0.05) is 12.6 Å². The zero-order valence-electron chi connectivity index (χ0n) is 15.7. The Labute approximate surface area is 163 Å². The summed E-state index contributed by atoms with van der Waals surface area (Å²) in [6.45, 7) is -2.12. The topological polar surface area (TPSA) is 50.8 Å². The van der Waals surface area contributed by atoms with E-state index in [1.165, 1.54) is 0 Å². The number of hydrogen-bond donors (Lipinski definition) is 1. The number of amides is 1. The molecule has 1 aliphatic heterocycles. The summed E-state index contributed by atoms with van der Waals surface area (Å²) in [5, 5.41) is 2.62. The van der Waals surface area contributed by atoms with Crippen LogP contribution >= 0.6 is 0 Å². The monoisotopic (exact) mass is 428 g/mol. The average molecular weight is 428 g/mol. The number of benzene rings is 1. The lowest BCUT2D eigenvalue weighted by Crippen LogP contribution is -2.44. The van der Waals surface area contributed by atoms with Crippen LogP contribution in [0.25, 0.3) is 0 Å². The van der Waals surface area contributed by atoms with Gasteiger partial charge in [-0.3, -0.25) is 4.79 Å². The van der Waals surface area contributed by atoms with Crippen molar-refractivity contribution in [3.8, 4) is 11.5 Å². The first kappa shape index (κ1) is 23.1. The van der Waals surface area contributed by atoms with Gasteiger partial charge in [0.1, 0.15) is 11.5 Å². The van der Waals surface area contributed by atoms with Crippen LogP contribution in [0.5, 0.6) is 11.5 Å². The molecular formula is C18H22F6N2O3. The number of rotatable bonds is 7. The second-order valence-electron chi connectivity index (χ2n) is 6.81. The number of ether oxygens (including phenoxy) is 2. The molecule has 1 saturated heterocycles. The first-order valence-corrected chi connectivity index (χ1v) is 8.96. The third-order valence-electron chi connectivity index (χ3n) is 4.41. The van der Waals surface area contributed by atoms with E-state index in [-0.39, 0.29) is 23.9 Å². The summed E-state index contributed by atoms with van der Waals surface area (Å²) in [6, 6.07) is 3.01. The van der Waals surface area contributed by atoms with Gasteiger partial charge in [-0.1, -0.05) is 6.42 Å². The smallest absolute Gasteiger partial charge is 0.422 e. The van der Waals surface area contributed by atoms with Crippen molar-refractivity contribution in [3.05, 3.63) is 23.8 Å². The SMILES string of the molecule is CN1CCCCC1CNC(=O)c1cc(OCC(F)(F)F)ccc1OCC(F)(F)F. The molecule has 0 aliphatic carbocycles. The molecule has 0 radical (unpaired) electrons. The average Bonchev–Trinajstić information content (AvgIpc) is 2.63. The molecule has 1 aromatic rings. The second kappa shape index (κ2) is 9.55. The molecule has 29 heavy (non-hydrogen) atoms. The Morgan fingerprint density at radius 1 is 1.10 bits per heavy atom. The summed E-state index contributed by atoms with van der Waals surface area (Å²) in [5.74, 6) is -1.45. The third-order valence-corrected chi connectivity index (χ3v) is 4.41. The summed E-state index contributed by atoms with van der Waals surface area (Å²) >= 11 is 0. The van der Waals surface area contributed by atoms with Gasteiger partial charge in [-0.15, -0.1) is 0 Å². The zero-order valence-corrected chi connectivity index (χ0v) is 15.7. The fourth-order valence-corrected chi connectivity index (χ4v) is 2.93. The fourth-order valence-electron chi connectivity index (χ4n) is 2.93. The van der Waals surface area contributed by atoms with E-state index in [9.17, 15) is 31.1 Å². The van der Waals surface area contributed by atoms with Crippen LogP contribution in [0.15, 0.2) is 18.2 Å². The summed E-state index contributed by atoms with van der Waals surface area (Å²) < 4.78 is 83.6. The quantitative estimate of drug-likeness (QED) is 0.672. The van der Waals surface area contributed by atoms with Crippen LogP contribution in [0.2, 0.25) is 0 Å². The number of carbonyl (C=O) groups is 1. The lowest BCUT2D eigenvalue weighted by atomic mass is 10.0. The van der Waals surface area contributed by atoms with Crippen LogP contribution in [0.3, 0.4) is 0 Å². The summed E-state index contributed by atoms with van der Waals surface area (Å²) in [5.41, 5.74) is -0.326. The number of nitrogens with one attached hydrogen (secondary N) is 1. The molecule has 1 unspecified atom stereocenters. The maximum Gasteiger partial charge on any atom is 0.422 e. The van der Waals surface area contributed by atoms with Crippen molar-refractivity contribution in [1.29, 1.82) is 0 Å². The summed E-state index contributed by atoms with van der Waals surface area (Å²) in [6.07, 6.45) is -6.35. The van der Waals surface area contributed by atoms with Crippen LogP contribution in [0.4, 0.5) is 26.3 Å². The first-order chi connectivity index (χ1) is 13.4. The maximum absolute atomic E-state index is 12.5. The van der Waals surface area contributed by atoms with Gasteiger partial charge in [0.15, 0.2) is 13.2 Å². The predicted octanol–water partition coefficient (Wildman–Crippen LogP) is 3.78. The predicted molar refractivity (Wildman–Crippen MR) is 92.1 cm³/mol. The lowest BCUT2D eigenvalue weighted by Gasteiger charge is -2.32. The van der Waals surface area contributed by atoms with Gasteiger partial charge in [-0.05, 0) is 44.6 Å². The van der Waals surface area contributed by atoms with E-state index < -0.39 is 37.2 Å². The van der Waals surface area contributed by atoms with Crippen molar-refractivity contribution in [2.75, 3.05) is 33.4 Å². The zero-order chi connectivity index (χ0) is 21.7. The molecule has 0 aromatic heterocycles. The normalized spacial score (nSPS) is 18.4. The van der Waals surface area contributed by atoms with Gasteiger partial charge in [-0.2, -0.15) is 26.3 Å². The Kier molecular flexibility index (Phi) is 7.61. The highest BCUT2D eigenvalue weighted by atomic mass is 19.4. The molecule has 0 saturated carbocycles. The van der Waals surface area contributed by atoms with E-state index in [0.717, 1.165) is 44.0 Å². The number of likely N-dealkylation sites (tertiary alicyclic amines) is 1. The van der Waals surface area contributed by atoms with Crippen molar-refractivity contribution in [2.24, 2.45) is 0 Å². The van der Waals surface area contributed by atoms with Crippen molar-refractivity contribution in [2.45, 2.75) is 37.7 Å². The number of alkyl halides is 6. The fraction of sp³-hybridized carbons (Fsp3) is 0.611. The summed E-state index contributed by atoms with van der Waals surface area (Å²) in [7, 11) is 1.90. The molecule has 2 rings (SSSR count). The van der Waals surface area contributed by atoms with Crippen LogP contribution in [-0.4, -0.2) is 62.6 Å². The molecule has 1 N–H and O–H groups in total. The molecule has 1 atom stereocenters. The van der Waals surface area contributed by atoms with Crippen molar-refractivity contribution >= 4 is 5.91 Å². The maximum atomic E-state index is 12.5. The molecule has 164 valence electrons. The first-order valence-electron chi connectivity index (χ1n) is 8.96. The number of likely N-dealkylation sites (N-methyl/N-ethyl adjacent to an activating group) is 1. The van der Waals surface area contributed by atoms with Crippen molar-refractivity contribution in [3.63, 3.8) is 0 Å².